The second-order valence-corrected chi connectivity index (χ2v) is 13.3. The number of thiophene rings is 1. The minimum absolute atomic E-state index is 0.0918. The van der Waals surface area contributed by atoms with Gasteiger partial charge >= 0.3 is 13.5 Å². The van der Waals surface area contributed by atoms with Crippen LogP contribution in [-0.2, 0) is 13.8 Å². The first-order chi connectivity index (χ1) is 15.9. The van der Waals surface area contributed by atoms with E-state index >= 15 is 0 Å². The Labute approximate surface area is 210 Å². The Balaban J connectivity index is 2.19. The lowest BCUT2D eigenvalue weighted by molar-refractivity contribution is 0.0683. The molecule has 1 aromatic carbocycles. The average molecular weight is 524 g/mol. The minimum Gasteiger partial charge on any atom is -0.477 e. The Hall–Kier alpha value is -1.81. The summed E-state index contributed by atoms with van der Waals surface area (Å²) in [6.45, 7) is 9.41. The molecular weight excluding hydrogens is 493 g/mol. The quantitative estimate of drug-likeness (QED) is 0.344. The van der Waals surface area contributed by atoms with Crippen LogP contribution in [0.3, 0.4) is 0 Å². The number of carboxylic acid groups (broad SMARTS) is 1. The molecule has 2 aromatic rings. The van der Waals surface area contributed by atoms with Crippen LogP contribution < -0.4 is 9.97 Å². The molecule has 9 heteroatoms. The number of aromatic carboxylic acids is 1. The van der Waals surface area contributed by atoms with E-state index in [0.717, 1.165) is 29.7 Å². The van der Waals surface area contributed by atoms with Crippen molar-refractivity contribution in [3.05, 3.63) is 44.6 Å². The van der Waals surface area contributed by atoms with E-state index in [0.29, 0.717) is 40.7 Å². The van der Waals surface area contributed by atoms with Gasteiger partial charge in [0.15, 0.2) is 0 Å². The second-order valence-electron chi connectivity index (χ2n) is 9.40. The summed E-state index contributed by atoms with van der Waals surface area (Å²) >= 11 is 7.24. The highest BCUT2D eigenvalue weighted by Gasteiger charge is 2.39. The van der Waals surface area contributed by atoms with Gasteiger partial charge in [-0.05, 0) is 76.3 Å². The molecule has 0 spiro atoms. The van der Waals surface area contributed by atoms with Gasteiger partial charge in [-0.25, -0.2) is 4.79 Å². The molecule has 0 bridgehead atoms. The Morgan fingerprint density at radius 3 is 2.56 bits per heavy atom. The fourth-order valence-electron chi connectivity index (χ4n) is 3.82. The maximum atomic E-state index is 14.6. The van der Waals surface area contributed by atoms with Crippen molar-refractivity contribution in [2.45, 2.75) is 40.5 Å². The van der Waals surface area contributed by atoms with E-state index in [-0.39, 0.29) is 16.2 Å². The molecule has 1 N–H and O–H groups in total. The zero-order valence-electron chi connectivity index (χ0n) is 20.2. The zero-order valence-corrected chi connectivity index (χ0v) is 22.6. The summed E-state index contributed by atoms with van der Waals surface area (Å²) in [4.78, 5) is 13.0. The third kappa shape index (κ3) is 6.24. The third-order valence-electron chi connectivity index (χ3n) is 5.55. The van der Waals surface area contributed by atoms with Crippen LogP contribution in [0.1, 0.15) is 53.7 Å². The largest absolute Gasteiger partial charge is 0.477 e. The topological polar surface area (TPSA) is 76.1 Å². The zero-order chi connectivity index (χ0) is 25.1. The molecule has 2 heterocycles. The van der Waals surface area contributed by atoms with Crippen LogP contribution in [0.4, 0.5) is 5.69 Å². The number of rotatable bonds is 7. The van der Waals surface area contributed by atoms with Gasteiger partial charge < -0.3 is 14.4 Å². The maximum Gasteiger partial charge on any atom is 0.348 e. The molecule has 1 aliphatic rings. The normalized spacial score (nSPS) is 16.4. The molecule has 1 atom stereocenters. The van der Waals surface area contributed by atoms with Gasteiger partial charge in [0.25, 0.3) is 0 Å². The number of anilines is 1. The highest BCUT2D eigenvalue weighted by Crippen LogP contribution is 2.54. The molecule has 0 radical (unpaired) electrons. The van der Waals surface area contributed by atoms with Gasteiger partial charge in [0.05, 0.1) is 15.9 Å². The summed E-state index contributed by atoms with van der Waals surface area (Å²) in [5, 5.41) is 11.1. The van der Waals surface area contributed by atoms with Crippen molar-refractivity contribution in [3.63, 3.8) is 0 Å². The Morgan fingerprint density at radius 2 is 2.00 bits per heavy atom. The molecule has 1 unspecified atom stereocenters. The van der Waals surface area contributed by atoms with Crippen LogP contribution in [0.2, 0.25) is 5.02 Å². The van der Waals surface area contributed by atoms with Crippen LogP contribution in [0.25, 0.3) is 0 Å². The lowest BCUT2D eigenvalue weighted by atomic mass is 9.98. The SMILES string of the molecule is COP(=O)(c1ccc(Cl)cc1C)N(CC1CCOCC1)c1cc(C#CC(C)(C)C)sc1C(=O)O. The van der Waals surface area contributed by atoms with Gasteiger partial charge in [0.2, 0.25) is 0 Å². The predicted molar refractivity (Wildman–Crippen MR) is 139 cm³/mol. The Kier molecular flexibility index (Phi) is 8.55. The fraction of sp³-hybridized carbons (Fsp3) is 0.480. The second kappa shape index (κ2) is 10.8. The number of hydrogen-bond acceptors (Lipinski definition) is 5. The number of ether oxygens (including phenoxy) is 1. The molecule has 1 aromatic heterocycles. The van der Waals surface area contributed by atoms with Crippen molar-refractivity contribution in [1.82, 2.24) is 0 Å². The highest BCUT2D eigenvalue weighted by atomic mass is 35.5. The van der Waals surface area contributed by atoms with Crippen LogP contribution in [0.5, 0.6) is 0 Å². The number of benzene rings is 1. The van der Waals surface area contributed by atoms with Crippen LogP contribution in [0.15, 0.2) is 24.3 Å². The van der Waals surface area contributed by atoms with Gasteiger partial charge in [-0.1, -0.05) is 23.4 Å². The molecule has 1 fully saturated rings. The number of aryl methyl sites for hydroxylation is 1. The predicted octanol–water partition coefficient (Wildman–Crippen LogP) is 6.20. The number of hydrogen-bond donors (Lipinski definition) is 1. The Bertz CT molecular complexity index is 1150. The molecule has 184 valence electrons. The summed E-state index contributed by atoms with van der Waals surface area (Å²) in [6, 6.07) is 6.84. The number of nitrogens with zero attached hydrogens (tertiary/aromatic N) is 1. The summed E-state index contributed by atoms with van der Waals surface area (Å²) in [6.07, 6.45) is 1.59. The van der Waals surface area contributed by atoms with Crippen LogP contribution in [0, 0.1) is 30.1 Å². The van der Waals surface area contributed by atoms with E-state index in [9.17, 15) is 14.5 Å². The molecule has 0 amide bonds. The van der Waals surface area contributed by atoms with Gasteiger partial charge in [-0.2, -0.15) is 0 Å². The molecule has 0 saturated carbocycles. The summed E-state index contributed by atoms with van der Waals surface area (Å²) in [7, 11) is -2.28. The summed E-state index contributed by atoms with van der Waals surface area (Å²) < 4.78 is 27.5. The van der Waals surface area contributed by atoms with Crippen molar-refractivity contribution >= 4 is 47.4 Å². The van der Waals surface area contributed by atoms with Crippen molar-refractivity contribution in [3.8, 4) is 11.8 Å². The molecule has 1 aliphatic heterocycles. The maximum absolute atomic E-state index is 14.6. The van der Waals surface area contributed by atoms with Crippen molar-refractivity contribution in [2.24, 2.45) is 11.3 Å². The van der Waals surface area contributed by atoms with Crippen molar-refractivity contribution in [1.29, 1.82) is 0 Å². The van der Waals surface area contributed by atoms with E-state index in [2.05, 4.69) is 11.8 Å². The lowest BCUT2D eigenvalue weighted by Crippen LogP contribution is -2.35. The standard InChI is InChI=1S/C25H31ClNO5PS/c1-17-14-19(26)6-7-22(17)33(30,31-5)27(16-18-9-12-32-13-10-18)21-15-20(8-11-25(2,3)4)34-23(21)24(28)29/h6-7,14-15,18H,9-10,12-13,16H2,1-5H3,(H,28,29). The number of halogens is 1. The first-order valence-electron chi connectivity index (χ1n) is 11.1. The monoisotopic (exact) mass is 523 g/mol. The molecule has 0 aliphatic carbocycles. The van der Waals surface area contributed by atoms with Crippen molar-refractivity contribution in [2.75, 3.05) is 31.5 Å². The fourth-order valence-corrected chi connectivity index (χ4v) is 7.28. The lowest BCUT2D eigenvalue weighted by Gasteiger charge is -2.36. The third-order valence-corrected chi connectivity index (χ3v) is 9.43. The van der Waals surface area contributed by atoms with Crippen molar-refractivity contribution < 1.29 is 23.7 Å². The summed E-state index contributed by atoms with van der Waals surface area (Å²) in [5.74, 6) is 5.34. The van der Waals surface area contributed by atoms with E-state index < -0.39 is 13.5 Å². The van der Waals surface area contributed by atoms with E-state index in [1.807, 2.05) is 27.7 Å². The minimum atomic E-state index is -3.68. The number of carbonyl (C=O) groups is 1. The van der Waals surface area contributed by atoms with Gasteiger partial charge in [0, 0.05) is 37.3 Å². The van der Waals surface area contributed by atoms with E-state index in [1.165, 1.54) is 7.11 Å². The molecular formula is C25H31ClNO5PS. The van der Waals surface area contributed by atoms with Crippen LogP contribution >= 0.6 is 30.5 Å². The van der Waals surface area contributed by atoms with Crippen LogP contribution in [-0.4, -0.2) is 37.9 Å². The first kappa shape index (κ1) is 26.8. The number of carboxylic acids is 1. The smallest absolute Gasteiger partial charge is 0.348 e. The average Bonchev–Trinajstić information content (AvgIpc) is 3.20. The molecule has 3 rings (SSSR count). The molecule has 34 heavy (non-hydrogen) atoms. The first-order valence-corrected chi connectivity index (χ1v) is 13.9. The van der Waals surface area contributed by atoms with Gasteiger partial charge in [-0.3, -0.25) is 9.24 Å². The molecule has 6 nitrogen and oxygen atoms in total. The molecule has 1 saturated heterocycles. The van der Waals surface area contributed by atoms with Gasteiger partial charge in [0.1, 0.15) is 4.88 Å². The highest BCUT2D eigenvalue weighted by molar-refractivity contribution is 7.68. The van der Waals surface area contributed by atoms with E-state index in [4.69, 9.17) is 20.9 Å². The Morgan fingerprint density at radius 1 is 1.32 bits per heavy atom. The summed E-state index contributed by atoms with van der Waals surface area (Å²) in [5.41, 5.74) is 0.841. The van der Waals surface area contributed by atoms with Gasteiger partial charge in [-0.15, -0.1) is 11.3 Å². The van der Waals surface area contributed by atoms with E-state index in [1.54, 1.807) is 28.9 Å².